The molecule has 1 saturated heterocycles. The maximum absolute atomic E-state index is 12.1. The van der Waals surface area contributed by atoms with Crippen LogP contribution >= 0.6 is 11.6 Å². The van der Waals surface area contributed by atoms with Crippen LogP contribution in [0.5, 0.6) is 5.75 Å². The Balaban J connectivity index is 1.35. The van der Waals surface area contributed by atoms with Crippen molar-refractivity contribution in [3.8, 4) is 5.75 Å². The summed E-state index contributed by atoms with van der Waals surface area (Å²) in [5, 5.41) is 3.75. The van der Waals surface area contributed by atoms with Crippen molar-refractivity contribution in [3.05, 3.63) is 53.2 Å². The van der Waals surface area contributed by atoms with Crippen LogP contribution in [0.25, 0.3) is 0 Å². The van der Waals surface area contributed by atoms with Crippen LogP contribution in [0.2, 0.25) is 5.02 Å². The SMILES string of the molecule is COc1ccc(CCC(=O)NCC2CCN(c3ccc(Cl)cn3)CC2)cc1. The zero-order valence-corrected chi connectivity index (χ0v) is 16.4. The number of benzene rings is 1. The van der Waals surface area contributed by atoms with Crippen LogP contribution in [0.15, 0.2) is 42.6 Å². The predicted octanol–water partition coefficient (Wildman–Crippen LogP) is 3.71. The molecule has 6 heteroatoms. The van der Waals surface area contributed by atoms with Crippen molar-refractivity contribution in [3.63, 3.8) is 0 Å². The van der Waals surface area contributed by atoms with Gasteiger partial charge in [0.2, 0.25) is 5.91 Å². The normalized spacial score (nSPS) is 14.8. The van der Waals surface area contributed by atoms with Crippen molar-refractivity contribution in [2.45, 2.75) is 25.7 Å². The van der Waals surface area contributed by atoms with Gasteiger partial charge in [-0.05, 0) is 55.0 Å². The van der Waals surface area contributed by atoms with E-state index in [-0.39, 0.29) is 5.91 Å². The van der Waals surface area contributed by atoms with Crippen molar-refractivity contribution in [2.75, 3.05) is 31.6 Å². The van der Waals surface area contributed by atoms with Crippen molar-refractivity contribution in [1.82, 2.24) is 10.3 Å². The van der Waals surface area contributed by atoms with Crippen LogP contribution in [-0.2, 0) is 11.2 Å². The summed E-state index contributed by atoms with van der Waals surface area (Å²) in [7, 11) is 1.65. The molecule has 2 heterocycles. The molecule has 0 saturated carbocycles. The molecule has 1 aromatic heterocycles. The number of pyridine rings is 1. The van der Waals surface area contributed by atoms with E-state index in [4.69, 9.17) is 16.3 Å². The molecule has 1 fully saturated rings. The summed E-state index contributed by atoms with van der Waals surface area (Å²) in [6.45, 7) is 2.67. The highest BCUT2D eigenvalue weighted by Gasteiger charge is 2.20. The Hall–Kier alpha value is -2.27. The molecule has 0 atom stereocenters. The van der Waals surface area contributed by atoms with Gasteiger partial charge in [0, 0.05) is 32.3 Å². The average Bonchev–Trinajstić information content (AvgIpc) is 2.72. The minimum Gasteiger partial charge on any atom is -0.497 e. The molecule has 27 heavy (non-hydrogen) atoms. The van der Waals surface area contributed by atoms with E-state index in [0.29, 0.717) is 17.4 Å². The van der Waals surface area contributed by atoms with Crippen molar-refractivity contribution < 1.29 is 9.53 Å². The average molecular weight is 388 g/mol. The van der Waals surface area contributed by atoms with Crippen LogP contribution in [0.1, 0.15) is 24.8 Å². The molecule has 0 radical (unpaired) electrons. The van der Waals surface area contributed by atoms with Crippen LogP contribution in [0, 0.1) is 5.92 Å². The molecule has 5 nitrogen and oxygen atoms in total. The Bertz CT molecular complexity index is 726. The number of hydrogen-bond acceptors (Lipinski definition) is 4. The zero-order chi connectivity index (χ0) is 19.1. The second kappa shape index (κ2) is 9.60. The number of hydrogen-bond donors (Lipinski definition) is 1. The first-order chi connectivity index (χ1) is 13.1. The molecule has 3 rings (SSSR count). The highest BCUT2D eigenvalue weighted by atomic mass is 35.5. The molecule has 0 aliphatic carbocycles. The number of nitrogens with one attached hydrogen (secondary N) is 1. The first-order valence-electron chi connectivity index (χ1n) is 9.40. The largest absolute Gasteiger partial charge is 0.497 e. The van der Waals surface area contributed by atoms with Gasteiger partial charge < -0.3 is 15.0 Å². The van der Waals surface area contributed by atoms with Gasteiger partial charge in [0.25, 0.3) is 0 Å². The number of halogens is 1. The van der Waals surface area contributed by atoms with Crippen molar-refractivity contribution in [1.29, 1.82) is 0 Å². The lowest BCUT2D eigenvalue weighted by molar-refractivity contribution is -0.121. The summed E-state index contributed by atoms with van der Waals surface area (Å²) >= 11 is 5.90. The maximum atomic E-state index is 12.1. The van der Waals surface area contributed by atoms with Gasteiger partial charge >= 0.3 is 0 Å². The molecule has 2 aromatic rings. The van der Waals surface area contributed by atoms with E-state index < -0.39 is 0 Å². The lowest BCUT2D eigenvalue weighted by atomic mass is 9.96. The lowest BCUT2D eigenvalue weighted by Gasteiger charge is -2.32. The Morgan fingerprint density at radius 2 is 1.96 bits per heavy atom. The second-order valence-corrected chi connectivity index (χ2v) is 7.35. The molecule has 1 aliphatic heterocycles. The van der Waals surface area contributed by atoms with Crippen molar-refractivity contribution in [2.24, 2.45) is 5.92 Å². The number of piperidine rings is 1. The molecule has 1 aliphatic rings. The van der Waals surface area contributed by atoms with Crippen molar-refractivity contribution >= 4 is 23.3 Å². The van der Waals surface area contributed by atoms with Crippen LogP contribution in [0.3, 0.4) is 0 Å². The topological polar surface area (TPSA) is 54.5 Å². The summed E-state index contributed by atoms with van der Waals surface area (Å²) in [6, 6.07) is 11.7. The molecule has 1 N–H and O–H groups in total. The fourth-order valence-corrected chi connectivity index (χ4v) is 3.43. The smallest absolute Gasteiger partial charge is 0.220 e. The maximum Gasteiger partial charge on any atom is 0.220 e. The van der Waals surface area contributed by atoms with Crippen LogP contribution in [0.4, 0.5) is 5.82 Å². The van der Waals surface area contributed by atoms with Gasteiger partial charge in [0.05, 0.1) is 12.1 Å². The third-order valence-corrected chi connectivity index (χ3v) is 5.26. The lowest BCUT2D eigenvalue weighted by Crippen LogP contribution is -2.39. The standard InChI is InChI=1S/C21H26ClN3O2/c1-27-19-6-2-16(3-7-19)4-9-21(26)24-14-17-10-12-25(13-11-17)20-8-5-18(22)15-23-20/h2-3,5-8,15,17H,4,9-14H2,1H3,(H,24,26). The number of rotatable bonds is 7. The summed E-state index contributed by atoms with van der Waals surface area (Å²) in [5.41, 5.74) is 1.15. The van der Waals surface area contributed by atoms with E-state index in [1.54, 1.807) is 13.3 Å². The van der Waals surface area contributed by atoms with E-state index in [2.05, 4.69) is 15.2 Å². The number of carbonyl (C=O) groups is 1. The highest BCUT2D eigenvalue weighted by Crippen LogP contribution is 2.22. The summed E-state index contributed by atoms with van der Waals surface area (Å²) in [4.78, 5) is 18.8. The first kappa shape index (κ1) is 19.5. The second-order valence-electron chi connectivity index (χ2n) is 6.92. The summed E-state index contributed by atoms with van der Waals surface area (Å²) < 4.78 is 5.15. The van der Waals surface area contributed by atoms with E-state index in [1.165, 1.54) is 0 Å². The zero-order valence-electron chi connectivity index (χ0n) is 15.7. The molecule has 1 amide bonds. The molecule has 0 unspecified atom stereocenters. The summed E-state index contributed by atoms with van der Waals surface area (Å²) in [6.07, 6.45) is 5.06. The molecular weight excluding hydrogens is 362 g/mol. The third-order valence-electron chi connectivity index (χ3n) is 5.04. The van der Waals surface area contributed by atoms with Gasteiger partial charge in [0.15, 0.2) is 0 Å². The number of carbonyl (C=O) groups excluding carboxylic acids is 1. The Labute approximate surface area is 165 Å². The number of anilines is 1. The minimum absolute atomic E-state index is 0.118. The number of amides is 1. The Kier molecular flexibility index (Phi) is 6.93. The van der Waals surface area contributed by atoms with Gasteiger partial charge in [-0.1, -0.05) is 23.7 Å². The van der Waals surface area contributed by atoms with E-state index in [0.717, 1.165) is 56.0 Å². The van der Waals surface area contributed by atoms with Gasteiger partial charge in [-0.15, -0.1) is 0 Å². The molecule has 0 spiro atoms. The van der Waals surface area contributed by atoms with Gasteiger partial charge in [-0.25, -0.2) is 4.98 Å². The first-order valence-corrected chi connectivity index (χ1v) is 9.78. The number of nitrogens with zero attached hydrogens (tertiary/aromatic N) is 2. The molecule has 0 bridgehead atoms. The third kappa shape index (κ3) is 5.86. The fraction of sp³-hybridized carbons (Fsp3) is 0.429. The van der Waals surface area contributed by atoms with Crippen LogP contribution < -0.4 is 15.0 Å². The minimum atomic E-state index is 0.118. The van der Waals surface area contributed by atoms with Gasteiger partial charge in [-0.2, -0.15) is 0 Å². The highest BCUT2D eigenvalue weighted by molar-refractivity contribution is 6.30. The Morgan fingerprint density at radius 3 is 2.59 bits per heavy atom. The van der Waals surface area contributed by atoms with Crippen LogP contribution in [-0.4, -0.2) is 37.6 Å². The molecule has 1 aromatic carbocycles. The van der Waals surface area contributed by atoms with E-state index in [9.17, 15) is 4.79 Å². The van der Waals surface area contributed by atoms with E-state index >= 15 is 0 Å². The molecular formula is C21H26ClN3O2. The quantitative estimate of drug-likeness (QED) is 0.786. The monoisotopic (exact) mass is 387 g/mol. The number of aromatic nitrogens is 1. The Morgan fingerprint density at radius 1 is 1.22 bits per heavy atom. The summed E-state index contributed by atoms with van der Waals surface area (Å²) in [5.74, 6) is 2.45. The fourth-order valence-electron chi connectivity index (χ4n) is 3.32. The number of aryl methyl sites for hydroxylation is 1. The predicted molar refractivity (Wildman–Crippen MR) is 109 cm³/mol. The van der Waals surface area contributed by atoms with E-state index in [1.807, 2.05) is 36.4 Å². The van der Waals surface area contributed by atoms with Gasteiger partial charge in [-0.3, -0.25) is 4.79 Å². The number of ether oxygens (including phenoxy) is 1. The number of methoxy groups -OCH3 is 1. The molecule has 144 valence electrons. The van der Waals surface area contributed by atoms with Gasteiger partial charge in [0.1, 0.15) is 11.6 Å².